The second kappa shape index (κ2) is 3.59. The molecule has 0 amide bonds. The van der Waals surface area contributed by atoms with Crippen molar-refractivity contribution in [1.29, 1.82) is 0 Å². The smallest absolute Gasteiger partial charge is 0.189 e. The molecule has 4 heteroatoms. The van der Waals surface area contributed by atoms with Crippen molar-refractivity contribution in [3.8, 4) is 5.75 Å². The van der Waals surface area contributed by atoms with Gasteiger partial charge < -0.3 is 10.6 Å². The van der Waals surface area contributed by atoms with E-state index in [0.29, 0.717) is 11.4 Å². The highest BCUT2D eigenvalue weighted by atomic mass is 79.9. The molecule has 3 nitrogen and oxygen atoms in total. The quantitative estimate of drug-likeness (QED) is 0.468. The molecule has 11 heavy (non-hydrogen) atoms. The zero-order chi connectivity index (χ0) is 8.27. The molecule has 1 rings (SSSR count). The molecule has 0 aromatic heterocycles. The van der Waals surface area contributed by atoms with Gasteiger partial charge in [0, 0.05) is 4.47 Å². The Labute approximate surface area is 73.2 Å². The van der Waals surface area contributed by atoms with Crippen LogP contribution >= 0.6 is 15.9 Å². The number of anilines is 1. The molecule has 0 radical (unpaired) electrons. The Kier molecular flexibility index (Phi) is 2.73. The minimum atomic E-state index is 0.516. The van der Waals surface area contributed by atoms with Gasteiger partial charge >= 0.3 is 0 Å². The van der Waals surface area contributed by atoms with Crippen molar-refractivity contribution in [2.24, 2.45) is 0 Å². The summed E-state index contributed by atoms with van der Waals surface area (Å²) >= 11 is 3.26. The lowest BCUT2D eigenvalue weighted by Crippen LogP contribution is -1.96. The fourth-order valence-corrected chi connectivity index (χ4v) is 1.03. The molecule has 1 aromatic rings. The number of hydrogen-bond acceptors (Lipinski definition) is 3. The van der Waals surface area contributed by atoms with Crippen LogP contribution < -0.4 is 10.6 Å². The first-order chi connectivity index (χ1) is 5.25. The van der Waals surface area contributed by atoms with Crippen LogP contribution in [0.5, 0.6) is 5.75 Å². The summed E-state index contributed by atoms with van der Waals surface area (Å²) in [7, 11) is 1.43. The maximum atomic E-state index is 5.62. The van der Waals surface area contributed by atoms with E-state index in [9.17, 15) is 0 Å². The molecule has 60 valence electrons. The molecule has 0 aliphatic rings. The van der Waals surface area contributed by atoms with E-state index >= 15 is 0 Å². The zero-order valence-electron chi connectivity index (χ0n) is 6.00. The van der Waals surface area contributed by atoms with Gasteiger partial charge in [0.1, 0.15) is 0 Å². The molecule has 0 spiro atoms. The number of nitrogens with two attached hydrogens (primary N) is 1. The van der Waals surface area contributed by atoms with E-state index < -0.39 is 0 Å². The number of para-hydroxylation sites is 1. The van der Waals surface area contributed by atoms with Crippen molar-refractivity contribution in [1.82, 2.24) is 0 Å². The Bertz CT molecular complexity index is 252. The van der Waals surface area contributed by atoms with Crippen molar-refractivity contribution in [3.05, 3.63) is 22.7 Å². The largest absolute Gasteiger partial charge is 0.395 e. The van der Waals surface area contributed by atoms with Gasteiger partial charge in [-0.1, -0.05) is 6.07 Å². The average Bonchev–Trinajstić information content (AvgIpc) is 1.99. The van der Waals surface area contributed by atoms with Gasteiger partial charge in [0.05, 0.1) is 12.8 Å². The lowest BCUT2D eigenvalue weighted by molar-refractivity contribution is -0.177. The van der Waals surface area contributed by atoms with E-state index in [2.05, 4.69) is 20.8 Å². The van der Waals surface area contributed by atoms with Crippen LogP contribution in [-0.2, 0) is 4.89 Å². The predicted molar refractivity (Wildman–Crippen MR) is 46.2 cm³/mol. The Morgan fingerprint density at radius 3 is 2.82 bits per heavy atom. The van der Waals surface area contributed by atoms with Crippen molar-refractivity contribution < 1.29 is 9.78 Å². The van der Waals surface area contributed by atoms with E-state index in [1.165, 1.54) is 7.11 Å². The lowest BCUT2D eigenvalue weighted by Gasteiger charge is -2.04. The Morgan fingerprint density at radius 1 is 1.45 bits per heavy atom. The molecule has 0 saturated carbocycles. The van der Waals surface area contributed by atoms with E-state index in [4.69, 9.17) is 10.6 Å². The van der Waals surface area contributed by atoms with E-state index in [-0.39, 0.29) is 0 Å². The van der Waals surface area contributed by atoms with Gasteiger partial charge in [0.15, 0.2) is 5.75 Å². The van der Waals surface area contributed by atoms with Crippen LogP contribution in [0.3, 0.4) is 0 Å². The minimum Gasteiger partial charge on any atom is -0.395 e. The van der Waals surface area contributed by atoms with Crippen LogP contribution in [0.25, 0.3) is 0 Å². The van der Waals surface area contributed by atoms with Gasteiger partial charge in [-0.2, -0.15) is 4.89 Å². The molecule has 0 saturated heterocycles. The maximum Gasteiger partial charge on any atom is 0.189 e. The van der Waals surface area contributed by atoms with Crippen LogP contribution in [0.1, 0.15) is 0 Å². The molecule has 0 atom stereocenters. The van der Waals surface area contributed by atoms with Crippen LogP contribution in [0.4, 0.5) is 5.69 Å². The third kappa shape index (κ3) is 1.85. The van der Waals surface area contributed by atoms with Crippen LogP contribution in [0, 0.1) is 0 Å². The molecule has 0 heterocycles. The summed E-state index contributed by atoms with van der Waals surface area (Å²) in [6, 6.07) is 5.37. The Hall–Kier alpha value is -0.740. The van der Waals surface area contributed by atoms with Crippen molar-refractivity contribution >= 4 is 21.6 Å². The lowest BCUT2D eigenvalue weighted by atomic mass is 10.3. The second-order valence-electron chi connectivity index (χ2n) is 1.90. The van der Waals surface area contributed by atoms with Gasteiger partial charge in [-0.25, -0.2) is 0 Å². The summed E-state index contributed by atoms with van der Waals surface area (Å²) < 4.78 is 0.798. The third-order valence-corrected chi connectivity index (χ3v) is 1.88. The minimum absolute atomic E-state index is 0.516. The van der Waals surface area contributed by atoms with Crippen molar-refractivity contribution in [3.63, 3.8) is 0 Å². The SMILES string of the molecule is COOc1cccc(Br)c1N. The highest BCUT2D eigenvalue weighted by molar-refractivity contribution is 9.10. The fourth-order valence-electron chi connectivity index (χ4n) is 0.680. The normalized spacial score (nSPS) is 9.64. The molecule has 2 N–H and O–H groups in total. The highest BCUT2D eigenvalue weighted by Crippen LogP contribution is 2.28. The topological polar surface area (TPSA) is 44.5 Å². The van der Waals surface area contributed by atoms with Gasteiger partial charge in [-0.3, -0.25) is 0 Å². The van der Waals surface area contributed by atoms with Gasteiger partial charge in [0.2, 0.25) is 0 Å². The number of halogens is 1. The number of nitrogen functional groups attached to an aromatic ring is 1. The molecule has 0 bridgehead atoms. The molecular formula is C7H8BrNO2. The van der Waals surface area contributed by atoms with E-state index in [1.807, 2.05) is 12.1 Å². The fraction of sp³-hybridized carbons (Fsp3) is 0.143. The molecule has 0 aliphatic heterocycles. The summed E-state index contributed by atoms with van der Waals surface area (Å²) in [5.74, 6) is 0.516. The predicted octanol–water partition coefficient (Wildman–Crippen LogP) is 1.97. The Balaban J connectivity index is 2.96. The monoisotopic (exact) mass is 217 g/mol. The van der Waals surface area contributed by atoms with E-state index in [1.54, 1.807) is 6.07 Å². The molecule has 0 unspecified atom stereocenters. The summed E-state index contributed by atoms with van der Waals surface area (Å²) in [5.41, 5.74) is 6.15. The maximum absolute atomic E-state index is 5.62. The van der Waals surface area contributed by atoms with Crippen molar-refractivity contribution in [2.75, 3.05) is 12.8 Å². The third-order valence-electron chi connectivity index (χ3n) is 1.19. The first-order valence-electron chi connectivity index (χ1n) is 3.00. The standard InChI is InChI=1S/C7H8BrNO2/c1-10-11-6-4-2-3-5(8)7(6)9/h2-4H,9H2,1H3. The second-order valence-corrected chi connectivity index (χ2v) is 2.76. The summed E-state index contributed by atoms with van der Waals surface area (Å²) in [4.78, 5) is 9.23. The van der Waals surface area contributed by atoms with Crippen LogP contribution in [0.15, 0.2) is 22.7 Å². The van der Waals surface area contributed by atoms with E-state index in [0.717, 1.165) is 4.47 Å². The first kappa shape index (κ1) is 8.36. The van der Waals surface area contributed by atoms with Gasteiger partial charge in [-0.15, -0.1) is 0 Å². The molecule has 0 aliphatic carbocycles. The van der Waals surface area contributed by atoms with Gasteiger partial charge in [0.25, 0.3) is 0 Å². The first-order valence-corrected chi connectivity index (χ1v) is 3.79. The molecular weight excluding hydrogens is 210 g/mol. The van der Waals surface area contributed by atoms with Crippen LogP contribution in [0.2, 0.25) is 0 Å². The summed E-state index contributed by atoms with van der Waals surface area (Å²) in [6.07, 6.45) is 0. The van der Waals surface area contributed by atoms with Crippen LogP contribution in [-0.4, -0.2) is 7.11 Å². The highest BCUT2D eigenvalue weighted by Gasteiger charge is 2.02. The number of benzene rings is 1. The summed E-state index contributed by atoms with van der Waals surface area (Å²) in [5, 5.41) is 0. The van der Waals surface area contributed by atoms with Crippen molar-refractivity contribution in [2.45, 2.75) is 0 Å². The molecule has 0 fully saturated rings. The average molecular weight is 218 g/mol. The Morgan fingerprint density at radius 2 is 2.18 bits per heavy atom. The molecule has 1 aromatic carbocycles. The summed E-state index contributed by atoms with van der Waals surface area (Å²) in [6.45, 7) is 0. The number of hydrogen-bond donors (Lipinski definition) is 1. The van der Waals surface area contributed by atoms with Gasteiger partial charge in [-0.05, 0) is 28.1 Å². The zero-order valence-corrected chi connectivity index (χ0v) is 7.59. The number of rotatable bonds is 2.